The molecule has 0 spiro atoms. The zero-order valence-electron chi connectivity index (χ0n) is 23.7. The van der Waals surface area contributed by atoms with E-state index in [1.165, 1.54) is 30.3 Å². The van der Waals surface area contributed by atoms with Crippen LogP contribution in [0, 0.1) is 17.7 Å². The Morgan fingerprint density at radius 3 is 1.96 bits per heavy atom. The number of hydrogen-bond acceptors (Lipinski definition) is 9. The first-order valence-electron chi connectivity index (χ1n) is 12.9. The van der Waals surface area contributed by atoms with Crippen molar-refractivity contribution in [1.29, 1.82) is 0 Å². The number of ether oxygens (including phenoxy) is 5. The van der Waals surface area contributed by atoms with Gasteiger partial charge in [-0.15, -0.1) is 0 Å². The highest BCUT2D eigenvalue weighted by atomic mass is 19.1. The summed E-state index contributed by atoms with van der Waals surface area (Å²) in [5.74, 6) is 0.956. The van der Waals surface area contributed by atoms with Gasteiger partial charge in [0, 0.05) is 35.9 Å². The smallest absolute Gasteiger partial charge is 0.335 e. The highest BCUT2D eigenvalue weighted by Gasteiger charge is 2.22. The predicted octanol–water partition coefficient (Wildman–Crippen LogP) is 5.78. The van der Waals surface area contributed by atoms with Gasteiger partial charge in [0.25, 0.3) is 0 Å². The van der Waals surface area contributed by atoms with E-state index in [-0.39, 0.29) is 35.0 Å². The van der Waals surface area contributed by atoms with Crippen molar-refractivity contribution in [3.05, 3.63) is 140 Å². The number of benzene rings is 3. The van der Waals surface area contributed by atoms with Crippen LogP contribution in [0.3, 0.4) is 0 Å². The largest absolute Gasteiger partial charge is 0.496 e. The number of halogens is 1. The Morgan fingerprint density at radius 1 is 0.711 bits per heavy atom. The average Bonchev–Trinajstić information content (AvgIpc) is 3.05. The van der Waals surface area contributed by atoms with E-state index in [1.807, 2.05) is 0 Å². The summed E-state index contributed by atoms with van der Waals surface area (Å²) in [6.07, 6.45) is 6.05. The molecule has 3 rings (SSSR count). The lowest BCUT2D eigenvalue weighted by molar-refractivity contribution is -0.130. The Bertz CT molecular complexity index is 1760. The van der Waals surface area contributed by atoms with Crippen LogP contribution in [-0.4, -0.2) is 23.9 Å². The van der Waals surface area contributed by atoms with E-state index in [4.69, 9.17) is 23.7 Å². The molecule has 0 amide bonds. The van der Waals surface area contributed by atoms with Crippen LogP contribution in [0.1, 0.15) is 22.3 Å². The van der Waals surface area contributed by atoms with Gasteiger partial charge in [-0.1, -0.05) is 50.3 Å². The number of esters is 4. The van der Waals surface area contributed by atoms with Crippen LogP contribution in [0.25, 0.3) is 6.08 Å². The second kappa shape index (κ2) is 16.2. The number of carbonyl (C=O) groups is 4. The van der Waals surface area contributed by atoms with Crippen molar-refractivity contribution in [2.45, 2.75) is 6.61 Å². The number of rotatable bonds is 12. The Labute approximate surface area is 258 Å². The fraction of sp³-hybridized carbons (Fsp3) is 0.0286. The quantitative estimate of drug-likeness (QED) is 0.0830. The summed E-state index contributed by atoms with van der Waals surface area (Å²) < 4.78 is 41.9. The lowest BCUT2D eigenvalue weighted by Crippen LogP contribution is -2.10. The van der Waals surface area contributed by atoms with Crippen LogP contribution >= 0.6 is 0 Å². The van der Waals surface area contributed by atoms with E-state index in [9.17, 15) is 19.2 Å². The maximum Gasteiger partial charge on any atom is 0.335 e. The van der Waals surface area contributed by atoms with Gasteiger partial charge in [-0.05, 0) is 48.0 Å². The van der Waals surface area contributed by atoms with E-state index in [0.717, 1.165) is 36.6 Å². The fourth-order valence-corrected chi connectivity index (χ4v) is 3.37. The molecule has 0 fully saturated rings. The molecule has 0 aliphatic carbocycles. The number of carbonyl (C=O) groups excluding carboxylic acids is 4. The molecule has 3 aromatic carbocycles. The Balaban J connectivity index is 1.97. The monoisotopic (exact) mass is 608 g/mol. The minimum Gasteiger partial charge on any atom is -0.496 e. The molecule has 0 atom stereocenters. The molecule has 0 unspecified atom stereocenters. The van der Waals surface area contributed by atoms with Crippen LogP contribution in [0.2, 0.25) is 0 Å². The zero-order chi connectivity index (χ0) is 32.8. The Hall–Kier alpha value is -6.47. The summed E-state index contributed by atoms with van der Waals surface area (Å²) in [4.78, 5) is 47.0. The highest BCUT2D eigenvalue weighted by molar-refractivity contribution is 5.86. The van der Waals surface area contributed by atoms with E-state index in [1.54, 1.807) is 24.3 Å². The molecule has 0 aliphatic heterocycles. The van der Waals surface area contributed by atoms with Gasteiger partial charge in [-0.3, -0.25) is 0 Å². The summed E-state index contributed by atoms with van der Waals surface area (Å²) >= 11 is 0. The molecule has 0 bridgehead atoms. The molecule has 10 heteroatoms. The van der Waals surface area contributed by atoms with Crippen molar-refractivity contribution < 1.29 is 47.3 Å². The standard InChI is InChI=1S/C35H25FO9/c1-5-30(37)42-26-16-13-23(14-17-26)12-15-25-21-29(44-32(39)7-3)28(34(36)35(25)45-33(40)8-4)18-19-41-22-24-10-9-11-27(20-24)43-31(38)6-2/h5-11,13-14,16-21H,1-4,22H2/b19-18+. The lowest BCUT2D eigenvalue weighted by Gasteiger charge is -2.13. The van der Waals surface area contributed by atoms with Crippen molar-refractivity contribution >= 4 is 30.0 Å². The number of hydrogen-bond donors (Lipinski definition) is 0. The van der Waals surface area contributed by atoms with E-state index in [2.05, 4.69) is 38.2 Å². The molecule has 0 aliphatic rings. The van der Waals surface area contributed by atoms with Gasteiger partial charge in [-0.2, -0.15) is 0 Å². The van der Waals surface area contributed by atoms with E-state index < -0.39 is 35.4 Å². The minimum absolute atomic E-state index is 0.00712. The Morgan fingerprint density at radius 2 is 1.31 bits per heavy atom. The van der Waals surface area contributed by atoms with Crippen molar-refractivity contribution in [3.63, 3.8) is 0 Å². The molecule has 0 radical (unpaired) electrons. The lowest BCUT2D eigenvalue weighted by atomic mass is 10.1. The van der Waals surface area contributed by atoms with Crippen molar-refractivity contribution in [3.8, 4) is 34.8 Å². The maximum absolute atomic E-state index is 15.9. The van der Waals surface area contributed by atoms with Crippen molar-refractivity contribution in [2.24, 2.45) is 0 Å². The summed E-state index contributed by atoms with van der Waals surface area (Å²) in [5.41, 5.74) is 0.608. The second-order valence-electron chi connectivity index (χ2n) is 8.52. The van der Waals surface area contributed by atoms with Gasteiger partial charge < -0.3 is 23.7 Å². The van der Waals surface area contributed by atoms with Gasteiger partial charge in [0.1, 0.15) is 23.9 Å². The molecular weight excluding hydrogens is 583 g/mol. The molecule has 0 aromatic heterocycles. The van der Waals surface area contributed by atoms with Gasteiger partial charge >= 0.3 is 23.9 Å². The molecule has 226 valence electrons. The molecule has 3 aromatic rings. The third-order valence-electron chi connectivity index (χ3n) is 5.41. The third-order valence-corrected chi connectivity index (χ3v) is 5.41. The molecular formula is C35H25FO9. The molecule has 45 heavy (non-hydrogen) atoms. The van der Waals surface area contributed by atoms with Crippen molar-refractivity contribution in [2.75, 3.05) is 0 Å². The van der Waals surface area contributed by atoms with Gasteiger partial charge in [0.05, 0.1) is 17.4 Å². The van der Waals surface area contributed by atoms with Crippen LogP contribution in [0.15, 0.2) is 111 Å². The summed E-state index contributed by atoms with van der Waals surface area (Å²) in [6.45, 7) is 13.3. The second-order valence-corrected chi connectivity index (χ2v) is 8.52. The molecule has 0 N–H and O–H groups in total. The molecule has 9 nitrogen and oxygen atoms in total. The fourth-order valence-electron chi connectivity index (χ4n) is 3.37. The third kappa shape index (κ3) is 9.80. The van der Waals surface area contributed by atoms with Gasteiger partial charge in [0.15, 0.2) is 11.6 Å². The average molecular weight is 609 g/mol. The first-order chi connectivity index (χ1) is 21.7. The topological polar surface area (TPSA) is 114 Å². The normalized spacial score (nSPS) is 9.98. The first-order valence-corrected chi connectivity index (χ1v) is 12.9. The minimum atomic E-state index is -1.09. The zero-order valence-corrected chi connectivity index (χ0v) is 23.7. The summed E-state index contributed by atoms with van der Waals surface area (Å²) in [5, 5.41) is 0. The van der Waals surface area contributed by atoms with Crippen molar-refractivity contribution in [1.82, 2.24) is 0 Å². The van der Waals surface area contributed by atoms with Crippen LogP contribution in [0.5, 0.6) is 23.0 Å². The predicted molar refractivity (Wildman–Crippen MR) is 162 cm³/mol. The van der Waals surface area contributed by atoms with Gasteiger partial charge in [0.2, 0.25) is 0 Å². The molecule has 0 saturated heterocycles. The van der Waals surface area contributed by atoms with Crippen LogP contribution < -0.4 is 18.9 Å². The highest BCUT2D eigenvalue weighted by Crippen LogP contribution is 2.35. The van der Waals surface area contributed by atoms with E-state index in [0.29, 0.717) is 11.1 Å². The van der Waals surface area contributed by atoms with Gasteiger partial charge in [-0.25, -0.2) is 23.6 Å². The summed E-state index contributed by atoms with van der Waals surface area (Å²) in [6, 6.07) is 13.7. The van der Waals surface area contributed by atoms with Crippen LogP contribution in [0.4, 0.5) is 4.39 Å². The Kier molecular flexibility index (Phi) is 11.9. The van der Waals surface area contributed by atoms with Crippen LogP contribution in [-0.2, 0) is 30.5 Å². The molecule has 0 saturated carbocycles. The summed E-state index contributed by atoms with van der Waals surface area (Å²) in [7, 11) is 0. The molecule has 0 heterocycles. The first kappa shape index (κ1) is 33.0. The SMILES string of the molecule is C=CC(=O)Oc1ccc(C#Cc2cc(OC(=O)C=C)c(/C=C/OCc3cccc(OC(=O)C=C)c3)c(F)c2OC(=O)C=C)cc1. The maximum atomic E-state index is 15.9. The van der Waals surface area contributed by atoms with E-state index >= 15 is 4.39 Å².